The molecule has 2 heterocycles. The third-order valence-corrected chi connectivity index (χ3v) is 4.49. The summed E-state index contributed by atoms with van der Waals surface area (Å²) in [6.07, 6.45) is 2.89. The second kappa shape index (κ2) is 7.63. The van der Waals surface area contributed by atoms with Crippen LogP contribution in [0.2, 0.25) is 0 Å². The number of nitrogens with one attached hydrogen (secondary N) is 1. The van der Waals surface area contributed by atoms with E-state index in [1.165, 1.54) is 6.20 Å². The molecule has 0 aliphatic rings. The lowest BCUT2D eigenvalue weighted by molar-refractivity contribution is 0.0951. The van der Waals surface area contributed by atoms with Gasteiger partial charge in [0.25, 0.3) is 11.5 Å². The highest BCUT2D eigenvalue weighted by Gasteiger charge is 2.17. The van der Waals surface area contributed by atoms with Gasteiger partial charge in [-0.3, -0.25) is 19.1 Å². The molecule has 4 rings (SSSR count). The Labute approximate surface area is 164 Å². The number of aromatic nitrogens is 2. The lowest BCUT2D eigenvalue weighted by Crippen LogP contribution is -2.27. The van der Waals surface area contributed by atoms with Crippen molar-refractivity contribution in [1.82, 2.24) is 14.9 Å². The molecule has 0 aliphatic heterocycles. The summed E-state index contributed by atoms with van der Waals surface area (Å²) < 4.78 is 28.6. The maximum atomic E-state index is 14.3. The number of pyridine rings is 2. The summed E-state index contributed by atoms with van der Waals surface area (Å²) in [6, 6.07) is 14.8. The highest BCUT2D eigenvalue weighted by molar-refractivity contribution is 6.06. The second-order valence-electron chi connectivity index (χ2n) is 6.36. The second-order valence-corrected chi connectivity index (χ2v) is 6.36. The minimum Gasteiger partial charge on any atom is -0.346 e. The zero-order valence-electron chi connectivity index (χ0n) is 15.1. The molecular weight excluding hydrogens is 376 g/mol. The highest BCUT2D eigenvalue weighted by Crippen LogP contribution is 2.20. The third kappa shape index (κ3) is 3.62. The number of amides is 1. The van der Waals surface area contributed by atoms with Gasteiger partial charge in [-0.1, -0.05) is 24.3 Å². The van der Waals surface area contributed by atoms with Gasteiger partial charge in [-0.25, -0.2) is 8.78 Å². The topological polar surface area (TPSA) is 64.0 Å². The smallest absolute Gasteiger partial charge is 0.263 e. The van der Waals surface area contributed by atoms with Crippen molar-refractivity contribution in [1.29, 1.82) is 0 Å². The van der Waals surface area contributed by atoms with E-state index in [1.807, 2.05) is 0 Å². The van der Waals surface area contributed by atoms with Crippen LogP contribution >= 0.6 is 0 Å². The summed E-state index contributed by atoms with van der Waals surface area (Å²) in [7, 11) is 0. The molecule has 0 unspecified atom stereocenters. The van der Waals surface area contributed by atoms with Crippen molar-refractivity contribution >= 4 is 16.7 Å². The van der Waals surface area contributed by atoms with Crippen molar-refractivity contribution in [3.8, 4) is 5.69 Å². The molecule has 0 radical (unpaired) electrons. The zero-order valence-corrected chi connectivity index (χ0v) is 15.1. The summed E-state index contributed by atoms with van der Waals surface area (Å²) in [5.74, 6) is -2.10. The number of halogens is 2. The fourth-order valence-corrected chi connectivity index (χ4v) is 3.10. The Morgan fingerprint density at radius 3 is 2.48 bits per heavy atom. The van der Waals surface area contributed by atoms with Gasteiger partial charge in [0.15, 0.2) is 0 Å². The van der Waals surface area contributed by atoms with Crippen molar-refractivity contribution in [3.63, 3.8) is 0 Å². The Bertz CT molecular complexity index is 1270. The van der Waals surface area contributed by atoms with E-state index < -0.39 is 23.1 Å². The highest BCUT2D eigenvalue weighted by atomic mass is 19.1. The van der Waals surface area contributed by atoms with Crippen molar-refractivity contribution in [2.45, 2.75) is 6.54 Å². The SMILES string of the molecule is O=C(NCc1ccccn1)c1cn(-c2ccc(F)cc2F)c(=O)c2ccccc12. The van der Waals surface area contributed by atoms with E-state index in [2.05, 4.69) is 10.3 Å². The van der Waals surface area contributed by atoms with Crippen molar-refractivity contribution < 1.29 is 13.6 Å². The molecule has 0 saturated carbocycles. The first kappa shape index (κ1) is 18.5. The minimum atomic E-state index is -0.901. The largest absolute Gasteiger partial charge is 0.346 e. The Balaban J connectivity index is 1.82. The number of nitrogens with zero attached hydrogens (tertiary/aromatic N) is 2. The Hall–Kier alpha value is -3.87. The number of carbonyl (C=O) groups is 1. The van der Waals surface area contributed by atoms with Gasteiger partial charge in [-0.05, 0) is 30.3 Å². The molecule has 0 atom stereocenters. The lowest BCUT2D eigenvalue weighted by Gasteiger charge is -2.13. The normalized spacial score (nSPS) is 10.8. The Kier molecular flexibility index (Phi) is 4.87. The van der Waals surface area contributed by atoms with Gasteiger partial charge in [0.2, 0.25) is 0 Å². The van der Waals surface area contributed by atoms with Crippen LogP contribution in [0.25, 0.3) is 16.5 Å². The monoisotopic (exact) mass is 391 g/mol. The number of fused-ring (bicyclic) bond motifs is 1. The summed E-state index contributed by atoms with van der Waals surface area (Å²) in [5.41, 5.74) is 0.219. The van der Waals surface area contributed by atoms with Crippen LogP contribution in [0.4, 0.5) is 8.78 Å². The van der Waals surface area contributed by atoms with Crippen LogP contribution in [0.3, 0.4) is 0 Å². The van der Waals surface area contributed by atoms with Crippen molar-refractivity contribution in [2.24, 2.45) is 0 Å². The van der Waals surface area contributed by atoms with Crippen LogP contribution in [0.1, 0.15) is 16.1 Å². The van der Waals surface area contributed by atoms with Gasteiger partial charge < -0.3 is 5.32 Å². The fraction of sp³-hybridized carbons (Fsp3) is 0.0455. The van der Waals surface area contributed by atoms with Gasteiger partial charge in [0, 0.05) is 29.2 Å². The maximum Gasteiger partial charge on any atom is 0.263 e. The molecule has 0 fully saturated rings. The first-order valence-electron chi connectivity index (χ1n) is 8.82. The molecule has 7 heteroatoms. The van der Waals surface area contributed by atoms with Crippen molar-refractivity contribution in [2.75, 3.05) is 0 Å². The van der Waals surface area contributed by atoms with Crippen LogP contribution in [0, 0.1) is 11.6 Å². The van der Waals surface area contributed by atoms with E-state index in [4.69, 9.17) is 0 Å². The van der Waals surface area contributed by atoms with E-state index in [0.29, 0.717) is 17.1 Å². The predicted molar refractivity (Wildman–Crippen MR) is 105 cm³/mol. The van der Waals surface area contributed by atoms with Crippen LogP contribution in [0.5, 0.6) is 0 Å². The summed E-state index contributed by atoms with van der Waals surface area (Å²) in [4.78, 5) is 29.9. The van der Waals surface area contributed by atoms with Gasteiger partial charge in [0.05, 0.1) is 23.5 Å². The molecule has 2 aromatic heterocycles. The van der Waals surface area contributed by atoms with E-state index >= 15 is 0 Å². The molecule has 0 aliphatic carbocycles. The number of hydrogen-bond acceptors (Lipinski definition) is 3. The summed E-state index contributed by atoms with van der Waals surface area (Å²) in [6.45, 7) is 0.192. The summed E-state index contributed by atoms with van der Waals surface area (Å²) in [5, 5.41) is 3.45. The molecule has 0 bridgehead atoms. The average Bonchev–Trinajstić information content (AvgIpc) is 2.74. The molecule has 29 heavy (non-hydrogen) atoms. The van der Waals surface area contributed by atoms with Gasteiger partial charge >= 0.3 is 0 Å². The van der Waals surface area contributed by atoms with Crippen LogP contribution < -0.4 is 10.9 Å². The van der Waals surface area contributed by atoms with Crippen molar-refractivity contribution in [3.05, 3.63) is 106 Å². The van der Waals surface area contributed by atoms with Crippen LogP contribution in [-0.4, -0.2) is 15.5 Å². The average molecular weight is 391 g/mol. The number of carbonyl (C=O) groups excluding carboxylic acids is 1. The minimum absolute atomic E-state index is 0.138. The molecule has 144 valence electrons. The number of rotatable bonds is 4. The van der Waals surface area contributed by atoms with Gasteiger partial charge in [0.1, 0.15) is 11.6 Å². The number of benzene rings is 2. The Morgan fingerprint density at radius 1 is 1.00 bits per heavy atom. The molecule has 2 aromatic carbocycles. The van der Waals surface area contributed by atoms with Gasteiger partial charge in [-0.15, -0.1) is 0 Å². The number of hydrogen-bond donors (Lipinski definition) is 1. The molecular formula is C22H15F2N3O2. The van der Waals surface area contributed by atoms with E-state index in [9.17, 15) is 18.4 Å². The van der Waals surface area contributed by atoms with E-state index in [-0.39, 0.29) is 23.2 Å². The molecule has 1 N–H and O–H groups in total. The molecule has 0 saturated heterocycles. The standard InChI is InChI=1S/C22H15F2N3O2/c23-14-8-9-20(19(24)11-14)27-13-18(16-6-1-2-7-17(16)22(27)29)21(28)26-12-15-5-3-4-10-25-15/h1-11,13H,12H2,(H,26,28). The van der Waals surface area contributed by atoms with Crippen LogP contribution in [0.15, 0.2) is 77.9 Å². The van der Waals surface area contributed by atoms with Crippen LogP contribution in [-0.2, 0) is 6.54 Å². The fourth-order valence-electron chi connectivity index (χ4n) is 3.10. The molecule has 4 aromatic rings. The van der Waals surface area contributed by atoms with Gasteiger partial charge in [-0.2, -0.15) is 0 Å². The first-order valence-corrected chi connectivity index (χ1v) is 8.82. The quantitative estimate of drug-likeness (QED) is 0.578. The molecule has 5 nitrogen and oxygen atoms in total. The van der Waals surface area contributed by atoms with E-state index in [1.54, 1.807) is 48.7 Å². The van der Waals surface area contributed by atoms with E-state index in [0.717, 1.165) is 16.7 Å². The molecule has 0 spiro atoms. The summed E-state index contributed by atoms with van der Waals surface area (Å²) >= 11 is 0. The third-order valence-electron chi connectivity index (χ3n) is 4.49. The lowest BCUT2D eigenvalue weighted by atomic mass is 10.1. The molecule has 1 amide bonds. The Morgan fingerprint density at radius 2 is 1.76 bits per heavy atom. The zero-order chi connectivity index (χ0) is 20.4. The predicted octanol–water partition coefficient (Wildman–Crippen LogP) is 3.59. The maximum absolute atomic E-state index is 14.3. The first-order chi connectivity index (χ1) is 14.0.